The van der Waals surface area contributed by atoms with Gasteiger partial charge in [-0.3, -0.25) is 4.79 Å². The second-order valence-corrected chi connectivity index (χ2v) is 7.89. The summed E-state index contributed by atoms with van der Waals surface area (Å²) in [7, 11) is 3.29. The van der Waals surface area contributed by atoms with E-state index in [1.54, 1.807) is 21.1 Å². The van der Waals surface area contributed by atoms with Crippen LogP contribution in [0.25, 0.3) is 11.4 Å². The lowest BCUT2D eigenvalue weighted by molar-refractivity contribution is -0.137. The number of likely N-dealkylation sites (N-methyl/N-ethyl adjacent to an activating group) is 1. The molecule has 3 aromatic rings. The Morgan fingerprint density at radius 3 is 2.65 bits per heavy atom. The number of hydrogen-bond acceptors (Lipinski definition) is 6. The minimum atomic E-state index is -0.648. The zero-order valence-electron chi connectivity index (χ0n) is 18.9. The van der Waals surface area contributed by atoms with Crippen molar-refractivity contribution in [3.8, 4) is 22.9 Å². The van der Waals surface area contributed by atoms with Crippen LogP contribution in [0, 0.1) is 6.92 Å². The number of hydrogen-bond donors (Lipinski definition) is 0. The molecule has 0 aliphatic heterocycles. The quantitative estimate of drug-likeness (QED) is 0.527. The Hall–Kier alpha value is -3.35. The molecule has 1 aromatic heterocycles. The maximum Gasteiger partial charge on any atom is 0.263 e. The van der Waals surface area contributed by atoms with Crippen LogP contribution in [0.2, 0.25) is 0 Å². The fourth-order valence-electron chi connectivity index (χ4n) is 3.25. The standard InChI is InChI=1S/C24H29N3O4/c1-15(2)20-11-10-16(3)12-21(20)30-17(4)24(28)27(5)14-22-25-23(26-31-22)18-8-7-9-19(13-18)29-6/h7-13,15,17H,14H2,1-6H3/t17-/m0/s1. The molecule has 1 amide bonds. The van der Waals surface area contributed by atoms with Gasteiger partial charge in [0.2, 0.25) is 11.7 Å². The molecule has 1 heterocycles. The number of methoxy groups -OCH3 is 1. The predicted octanol–water partition coefficient (Wildman–Crippen LogP) is 4.60. The van der Waals surface area contributed by atoms with Crippen LogP contribution in [0.3, 0.4) is 0 Å². The Balaban J connectivity index is 1.67. The maximum absolute atomic E-state index is 12.9. The van der Waals surface area contributed by atoms with E-state index in [4.69, 9.17) is 14.0 Å². The summed E-state index contributed by atoms with van der Waals surface area (Å²) >= 11 is 0. The summed E-state index contributed by atoms with van der Waals surface area (Å²) in [5, 5.41) is 4.02. The molecule has 164 valence electrons. The number of nitrogens with zero attached hydrogens (tertiary/aromatic N) is 3. The van der Waals surface area contributed by atoms with E-state index in [0.29, 0.717) is 23.4 Å². The van der Waals surface area contributed by atoms with Gasteiger partial charge in [-0.2, -0.15) is 4.98 Å². The average Bonchev–Trinajstić information content (AvgIpc) is 3.21. The molecule has 0 spiro atoms. The average molecular weight is 424 g/mol. The van der Waals surface area contributed by atoms with E-state index in [-0.39, 0.29) is 12.5 Å². The zero-order chi connectivity index (χ0) is 22.5. The van der Waals surface area contributed by atoms with E-state index in [1.165, 1.54) is 4.90 Å². The fourth-order valence-corrected chi connectivity index (χ4v) is 3.25. The second kappa shape index (κ2) is 9.64. The molecule has 7 heteroatoms. The third-order valence-corrected chi connectivity index (χ3v) is 4.99. The Labute approximate surface area is 183 Å². The van der Waals surface area contributed by atoms with Crippen molar-refractivity contribution >= 4 is 5.91 Å². The normalized spacial score (nSPS) is 12.0. The van der Waals surface area contributed by atoms with E-state index in [9.17, 15) is 4.79 Å². The van der Waals surface area contributed by atoms with E-state index >= 15 is 0 Å². The van der Waals surface area contributed by atoms with Crippen molar-refractivity contribution in [2.75, 3.05) is 14.2 Å². The summed E-state index contributed by atoms with van der Waals surface area (Å²) in [5.41, 5.74) is 2.94. The number of carbonyl (C=O) groups is 1. The monoisotopic (exact) mass is 423 g/mol. The van der Waals surface area contributed by atoms with Crippen molar-refractivity contribution in [2.45, 2.75) is 46.3 Å². The van der Waals surface area contributed by atoms with Crippen molar-refractivity contribution in [3.05, 3.63) is 59.5 Å². The van der Waals surface area contributed by atoms with Gasteiger partial charge >= 0.3 is 0 Å². The SMILES string of the molecule is COc1cccc(-c2noc(CN(C)C(=O)[C@H](C)Oc3cc(C)ccc3C(C)C)n2)c1. The Bertz CT molecular complexity index is 1040. The van der Waals surface area contributed by atoms with Gasteiger partial charge in [-0.05, 0) is 49.1 Å². The topological polar surface area (TPSA) is 77.7 Å². The number of benzene rings is 2. The summed E-state index contributed by atoms with van der Waals surface area (Å²) in [6.07, 6.45) is -0.648. The molecule has 0 fully saturated rings. The van der Waals surface area contributed by atoms with Crippen LogP contribution in [0.1, 0.15) is 43.7 Å². The van der Waals surface area contributed by atoms with Gasteiger partial charge in [-0.1, -0.05) is 43.3 Å². The number of ether oxygens (including phenoxy) is 2. The molecule has 0 N–H and O–H groups in total. The first kappa shape index (κ1) is 22.3. The summed E-state index contributed by atoms with van der Waals surface area (Å²) in [6, 6.07) is 13.5. The molecule has 0 unspecified atom stereocenters. The number of amides is 1. The lowest BCUT2D eigenvalue weighted by Gasteiger charge is -2.23. The molecule has 0 aliphatic rings. The van der Waals surface area contributed by atoms with Crippen LogP contribution in [0.4, 0.5) is 0 Å². The second-order valence-electron chi connectivity index (χ2n) is 7.89. The molecule has 31 heavy (non-hydrogen) atoms. The first-order valence-corrected chi connectivity index (χ1v) is 10.3. The molecule has 3 rings (SSSR count). The van der Waals surface area contributed by atoms with Crippen molar-refractivity contribution in [3.63, 3.8) is 0 Å². The van der Waals surface area contributed by atoms with E-state index in [1.807, 2.05) is 37.3 Å². The molecule has 1 atom stereocenters. The zero-order valence-corrected chi connectivity index (χ0v) is 18.9. The molecular weight excluding hydrogens is 394 g/mol. The van der Waals surface area contributed by atoms with Crippen LogP contribution < -0.4 is 9.47 Å². The maximum atomic E-state index is 12.9. The van der Waals surface area contributed by atoms with Crippen molar-refractivity contribution in [1.82, 2.24) is 15.0 Å². The smallest absolute Gasteiger partial charge is 0.263 e. The van der Waals surface area contributed by atoms with Gasteiger partial charge in [-0.15, -0.1) is 0 Å². The highest BCUT2D eigenvalue weighted by Crippen LogP contribution is 2.28. The summed E-state index contributed by atoms with van der Waals surface area (Å²) < 4.78 is 16.6. The summed E-state index contributed by atoms with van der Waals surface area (Å²) in [4.78, 5) is 18.8. The van der Waals surface area contributed by atoms with Gasteiger partial charge in [0, 0.05) is 12.6 Å². The van der Waals surface area contributed by atoms with Crippen molar-refractivity contribution in [2.24, 2.45) is 0 Å². The number of carbonyl (C=O) groups excluding carboxylic acids is 1. The molecule has 2 aromatic carbocycles. The van der Waals surface area contributed by atoms with Gasteiger partial charge in [0.25, 0.3) is 5.91 Å². The highest BCUT2D eigenvalue weighted by Gasteiger charge is 2.23. The van der Waals surface area contributed by atoms with Gasteiger partial charge in [0.15, 0.2) is 6.10 Å². The minimum Gasteiger partial charge on any atom is -0.497 e. The largest absolute Gasteiger partial charge is 0.497 e. The predicted molar refractivity (Wildman–Crippen MR) is 118 cm³/mol. The molecular formula is C24H29N3O4. The highest BCUT2D eigenvalue weighted by molar-refractivity contribution is 5.80. The van der Waals surface area contributed by atoms with E-state index in [2.05, 4.69) is 36.1 Å². The van der Waals surface area contributed by atoms with Crippen LogP contribution in [-0.4, -0.2) is 41.2 Å². The Kier molecular flexibility index (Phi) is 6.95. The first-order valence-electron chi connectivity index (χ1n) is 10.3. The van der Waals surface area contributed by atoms with E-state index in [0.717, 1.165) is 22.4 Å². The molecule has 0 saturated carbocycles. The van der Waals surface area contributed by atoms with Crippen LogP contribution in [-0.2, 0) is 11.3 Å². The molecule has 0 saturated heterocycles. The molecule has 0 radical (unpaired) electrons. The Morgan fingerprint density at radius 2 is 1.94 bits per heavy atom. The highest BCUT2D eigenvalue weighted by atomic mass is 16.5. The molecule has 7 nitrogen and oxygen atoms in total. The van der Waals surface area contributed by atoms with Gasteiger partial charge in [0.1, 0.15) is 11.5 Å². The van der Waals surface area contributed by atoms with Gasteiger partial charge in [-0.25, -0.2) is 0 Å². The summed E-state index contributed by atoms with van der Waals surface area (Å²) in [5.74, 6) is 2.36. The van der Waals surface area contributed by atoms with E-state index < -0.39 is 6.10 Å². The first-order chi connectivity index (χ1) is 14.8. The minimum absolute atomic E-state index is 0.169. The van der Waals surface area contributed by atoms with Crippen LogP contribution in [0.15, 0.2) is 47.0 Å². The number of aromatic nitrogens is 2. The molecule has 0 aliphatic carbocycles. The summed E-state index contributed by atoms with van der Waals surface area (Å²) in [6.45, 7) is 8.15. The van der Waals surface area contributed by atoms with Crippen molar-refractivity contribution < 1.29 is 18.8 Å². The number of aryl methyl sites for hydroxylation is 1. The van der Waals surface area contributed by atoms with Gasteiger partial charge < -0.3 is 18.9 Å². The van der Waals surface area contributed by atoms with Crippen molar-refractivity contribution in [1.29, 1.82) is 0 Å². The number of rotatable bonds is 8. The third-order valence-electron chi connectivity index (χ3n) is 4.99. The van der Waals surface area contributed by atoms with Gasteiger partial charge in [0.05, 0.1) is 13.7 Å². The lowest BCUT2D eigenvalue weighted by atomic mass is 10.0. The Morgan fingerprint density at radius 1 is 1.16 bits per heavy atom. The molecule has 0 bridgehead atoms. The third kappa shape index (κ3) is 5.42. The fraction of sp³-hybridized carbons (Fsp3) is 0.375. The lowest BCUT2D eigenvalue weighted by Crippen LogP contribution is -2.37. The van der Waals surface area contributed by atoms with Crippen LogP contribution >= 0.6 is 0 Å². The van der Waals surface area contributed by atoms with Crippen LogP contribution in [0.5, 0.6) is 11.5 Å².